The number of carbonyl (C=O) groups excluding carboxylic acids is 2. The first kappa shape index (κ1) is 19.3. The van der Waals surface area contributed by atoms with Crippen LogP contribution < -0.4 is 10.6 Å². The SMILES string of the molecule is Cc1cc(NC(=O)C(=O)N2CCCCC2c2ccccc2)cnc1NC(=O)O. The van der Waals surface area contributed by atoms with Crippen LogP contribution in [0.4, 0.5) is 16.3 Å². The Hall–Kier alpha value is -3.42. The normalized spacial score (nSPS) is 16.3. The number of rotatable bonds is 3. The van der Waals surface area contributed by atoms with E-state index in [0.29, 0.717) is 17.8 Å². The highest BCUT2D eigenvalue weighted by Crippen LogP contribution is 2.31. The monoisotopic (exact) mass is 382 g/mol. The Balaban J connectivity index is 1.72. The van der Waals surface area contributed by atoms with Crippen molar-refractivity contribution in [1.82, 2.24) is 9.88 Å². The molecule has 146 valence electrons. The number of aromatic nitrogens is 1. The van der Waals surface area contributed by atoms with Crippen LogP contribution in [0.1, 0.15) is 36.4 Å². The Morgan fingerprint density at radius 1 is 1.14 bits per heavy atom. The highest BCUT2D eigenvalue weighted by atomic mass is 16.4. The van der Waals surface area contributed by atoms with Gasteiger partial charge < -0.3 is 15.3 Å². The van der Waals surface area contributed by atoms with Crippen molar-refractivity contribution in [3.05, 3.63) is 53.7 Å². The molecule has 1 unspecified atom stereocenters. The molecule has 0 spiro atoms. The quantitative estimate of drug-likeness (QED) is 0.706. The first-order chi connectivity index (χ1) is 13.5. The first-order valence-electron chi connectivity index (χ1n) is 9.09. The van der Waals surface area contributed by atoms with Crippen molar-refractivity contribution in [1.29, 1.82) is 0 Å². The molecule has 1 atom stereocenters. The summed E-state index contributed by atoms with van der Waals surface area (Å²) in [7, 11) is 0. The van der Waals surface area contributed by atoms with E-state index in [1.54, 1.807) is 17.9 Å². The second kappa shape index (κ2) is 8.51. The Labute approximate surface area is 162 Å². The molecule has 8 heteroatoms. The van der Waals surface area contributed by atoms with Gasteiger partial charge in [-0.1, -0.05) is 30.3 Å². The second-order valence-corrected chi connectivity index (χ2v) is 6.69. The lowest BCUT2D eigenvalue weighted by molar-refractivity contribution is -0.145. The van der Waals surface area contributed by atoms with Crippen molar-refractivity contribution in [3.8, 4) is 0 Å². The van der Waals surface area contributed by atoms with Crippen LogP contribution in [0.3, 0.4) is 0 Å². The summed E-state index contributed by atoms with van der Waals surface area (Å²) in [6, 6.07) is 11.2. The van der Waals surface area contributed by atoms with Gasteiger partial charge in [0.15, 0.2) is 0 Å². The Morgan fingerprint density at radius 3 is 2.57 bits per heavy atom. The van der Waals surface area contributed by atoms with E-state index in [1.165, 1.54) is 6.20 Å². The maximum Gasteiger partial charge on any atom is 0.410 e. The van der Waals surface area contributed by atoms with E-state index >= 15 is 0 Å². The minimum atomic E-state index is -1.22. The van der Waals surface area contributed by atoms with Crippen molar-refractivity contribution in [2.45, 2.75) is 32.2 Å². The van der Waals surface area contributed by atoms with Crippen LogP contribution in [0, 0.1) is 6.92 Å². The molecule has 1 saturated heterocycles. The first-order valence-corrected chi connectivity index (χ1v) is 9.09. The smallest absolute Gasteiger partial charge is 0.410 e. The van der Waals surface area contributed by atoms with Crippen molar-refractivity contribution < 1.29 is 19.5 Å². The van der Waals surface area contributed by atoms with Gasteiger partial charge in [-0.2, -0.15) is 0 Å². The van der Waals surface area contributed by atoms with Crippen molar-refractivity contribution >= 4 is 29.4 Å². The third-order valence-electron chi connectivity index (χ3n) is 4.70. The number of aryl methyl sites for hydroxylation is 1. The van der Waals surface area contributed by atoms with Crippen LogP contribution in [-0.2, 0) is 9.59 Å². The number of likely N-dealkylation sites (tertiary alicyclic amines) is 1. The van der Waals surface area contributed by atoms with Crippen LogP contribution >= 0.6 is 0 Å². The summed E-state index contributed by atoms with van der Waals surface area (Å²) >= 11 is 0. The average Bonchev–Trinajstić information content (AvgIpc) is 2.70. The molecule has 3 amide bonds. The number of benzene rings is 1. The van der Waals surface area contributed by atoms with E-state index in [0.717, 1.165) is 24.8 Å². The van der Waals surface area contributed by atoms with Crippen LogP contribution in [0.5, 0.6) is 0 Å². The van der Waals surface area contributed by atoms with Gasteiger partial charge in [0, 0.05) is 6.54 Å². The van der Waals surface area contributed by atoms with Crippen LogP contribution in [0.25, 0.3) is 0 Å². The molecule has 2 aromatic rings. The largest absolute Gasteiger partial charge is 0.465 e. The van der Waals surface area contributed by atoms with Gasteiger partial charge in [0.2, 0.25) is 0 Å². The maximum absolute atomic E-state index is 12.8. The van der Waals surface area contributed by atoms with Crippen LogP contribution in [0.2, 0.25) is 0 Å². The number of pyridine rings is 1. The number of hydrogen-bond acceptors (Lipinski definition) is 4. The molecule has 8 nitrogen and oxygen atoms in total. The lowest BCUT2D eigenvalue weighted by atomic mass is 9.95. The van der Waals surface area contributed by atoms with E-state index in [-0.39, 0.29) is 11.9 Å². The van der Waals surface area contributed by atoms with Gasteiger partial charge in [-0.05, 0) is 43.4 Å². The fourth-order valence-electron chi connectivity index (χ4n) is 3.39. The third kappa shape index (κ3) is 4.46. The number of nitrogens with one attached hydrogen (secondary N) is 2. The number of carboxylic acid groups (broad SMARTS) is 1. The van der Waals surface area contributed by atoms with Crippen LogP contribution in [-0.4, -0.2) is 39.4 Å². The summed E-state index contributed by atoms with van der Waals surface area (Å²) < 4.78 is 0. The van der Waals surface area contributed by atoms with Gasteiger partial charge in [0.1, 0.15) is 5.82 Å². The predicted molar refractivity (Wildman–Crippen MR) is 104 cm³/mol. The van der Waals surface area contributed by atoms with Crippen molar-refractivity contribution in [2.24, 2.45) is 0 Å². The number of hydrogen-bond donors (Lipinski definition) is 3. The molecule has 2 heterocycles. The van der Waals surface area contributed by atoms with E-state index in [1.807, 2.05) is 30.3 Å². The molecule has 0 saturated carbocycles. The molecular formula is C20H22N4O4. The molecule has 1 aliphatic rings. The van der Waals surface area contributed by atoms with Gasteiger partial charge in [-0.3, -0.25) is 14.9 Å². The maximum atomic E-state index is 12.8. The van der Waals surface area contributed by atoms with Crippen molar-refractivity contribution in [2.75, 3.05) is 17.2 Å². The minimum absolute atomic E-state index is 0.116. The highest BCUT2D eigenvalue weighted by Gasteiger charge is 2.31. The molecule has 3 rings (SSSR count). The molecule has 1 aromatic heterocycles. The van der Waals surface area contributed by atoms with E-state index in [2.05, 4.69) is 15.6 Å². The zero-order chi connectivity index (χ0) is 20.1. The topological polar surface area (TPSA) is 112 Å². The lowest BCUT2D eigenvalue weighted by Gasteiger charge is -2.35. The number of nitrogens with zero attached hydrogens (tertiary/aromatic N) is 2. The number of piperidine rings is 1. The van der Waals surface area contributed by atoms with E-state index < -0.39 is 17.9 Å². The fourth-order valence-corrected chi connectivity index (χ4v) is 3.39. The molecule has 3 N–H and O–H groups in total. The number of anilines is 2. The fraction of sp³-hybridized carbons (Fsp3) is 0.300. The molecular weight excluding hydrogens is 360 g/mol. The summed E-state index contributed by atoms with van der Waals surface area (Å²) in [6.07, 6.45) is 2.78. The standard InChI is InChI=1S/C20H22N4O4/c1-13-11-15(12-21-17(13)23-20(27)28)22-18(25)19(26)24-10-6-5-9-16(24)14-7-3-2-4-8-14/h2-4,7-8,11-12,16H,5-6,9-10H2,1H3,(H,21,23)(H,22,25)(H,27,28). The van der Waals surface area contributed by atoms with Gasteiger partial charge in [0.25, 0.3) is 0 Å². The molecule has 0 bridgehead atoms. The van der Waals surface area contributed by atoms with Gasteiger partial charge in [-0.25, -0.2) is 9.78 Å². The Bertz CT molecular complexity index is 885. The molecule has 1 fully saturated rings. The summed E-state index contributed by atoms with van der Waals surface area (Å²) in [6.45, 7) is 2.19. The molecule has 1 aromatic carbocycles. The third-order valence-corrected chi connectivity index (χ3v) is 4.70. The molecule has 28 heavy (non-hydrogen) atoms. The van der Waals surface area contributed by atoms with Crippen LogP contribution in [0.15, 0.2) is 42.6 Å². The predicted octanol–water partition coefficient (Wildman–Crippen LogP) is 3.17. The lowest BCUT2D eigenvalue weighted by Crippen LogP contribution is -2.44. The zero-order valence-electron chi connectivity index (χ0n) is 15.5. The summed E-state index contributed by atoms with van der Waals surface area (Å²) in [5.41, 5.74) is 1.89. The summed E-state index contributed by atoms with van der Waals surface area (Å²) in [5, 5.41) is 13.5. The summed E-state index contributed by atoms with van der Waals surface area (Å²) in [4.78, 5) is 41.6. The van der Waals surface area contributed by atoms with Gasteiger partial charge in [0.05, 0.1) is 17.9 Å². The molecule has 0 radical (unpaired) electrons. The van der Waals surface area contributed by atoms with Gasteiger partial charge >= 0.3 is 17.9 Å². The number of carbonyl (C=O) groups is 3. The minimum Gasteiger partial charge on any atom is -0.465 e. The number of amides is 3. The highest BCUT2D eigenvalue weighted by molar-refractivity contribution is 6.39. The molecule has 1 aliphatic heterocycles. The zero-order valence-corrected chi connectivity index (χ0v) is 15.5. The Morgan fingerprint density at radius 2 is 1.89 bits per heavy atom. The summed E-state index contributed by atoms with van der Waals surface area (Å²) in [5.74, 6) is -1.14. The Kier molecular flexibility index (Phi) is 5.88. The average molecular weight is 382 g/mol. The van der Waals surface area contributed by atoms with Gasteiger partial charge in [-0.15, -0.1) is 0 Å². The second-order valence-electron chi connectivity index (χ2n) is 6.69. The molecule has 0 aliphatic carbocycles. The van der Waals surface area contributed by atoms with Crippen molar-refractivity contribution in [3.63, 3.8) is 0 Å². The van der Waals surface area contributed by atoms with E-state index in [9.17, 15) is 14.4 Å². The van der Waals surface area contributed by atoms with E-state index in [4.69, 9.17) is 5.11 Å².